The minimum atomic E-state index is -0.254. The van der Waals surface area contributed by atoms with Crippen LogP contribution < -0.4 is 5.32 Å². The second kappa shape index (κ2) is 3.01. The largest absolute Gasteiger partial charge is 0.309 e. The molecule has 1 atom stereocenters. The third kappa shape index (κ3) is 1.45. The first-order valence-electron chi connectivity index (χ1n) is 4.21. The molecule has 66 valence electrons. The van der Waals surface area contributed by atoms with Gasteiger partial charge in [0.2, 0.25) is 5.91 Å². The Balaban J connectivity index is 2.30. The molecule has 0 aromatic heterocycles. The Kier molecular flexibility index (Phi) is 1.85. The van der Waals surface area contributed by atoms with Crippen molar-refractivity contribution < 1.29 is 4.79 Å². The van der Waals surface area contributed by atoms with Crippen molar-refractivity contribution in [2.45, 2.75) is 13.0 Å². The number of nitrogens with zero attached hydrogens (tertiary/aromatic N) is 1. The van der Waals surface area contributed by atoms with E-state index in [2.05, 4.69) is 10.3 Å². The van der Waals surface area contributed by atoms with Crippen LogP contribution in [0.25, 0.3) is 0 Å². The Labute approximate surface area is 76.5 Å². The van der Waals surface area contributed by atoms with Gasteiger partial charge in [0, 0.05) is 5.56 Å². The number of hydrogen-bond donors (Lipinski definition) is 1. The molecule has 3 nitrogen and oxygen atoms in total. The summed E-state index contributed by atoms with van der Waals surface area (Å²) in [7, 11) is 0. The maximum atomic E-state index is 11.1. The monoisotopic (exact) mass is 174 g/mol. The number of hydrogen-bond acceptors (Lipinski definition) is 2. The maximum absolute atomic E-state index is 11.1. The smallest absolute Gasteiger partial charge is 0.250 e. The standard InChI is InChI=1S/C10H10N2O/c1-7-10(13)12-9(11-7)8-5-3-2-4-6-8/h2-7H,1H3,(H,11,12,13). The highest BCUT2D eigenvalue weighted by Crippen LogP contribution is 2.06. The van der Waals surface area contributed by atoms with Crippen molar-refractivity contribution in [3.8, 4) is 0 Å². The molecule has 0 radical (unpaired) electrons. The van der Waals surface area contributed by atoms with Crippen LogP contribution in [0.15, 0.2) is 35.3 Å². The van der Waals surface area contributed by atoms with E-state index < -0.39 is 0 Å². The number of amidine groups is 1. The second-order valence-electron chi connectivity index (χ2n) is 3.01. The minimum absolute atomic E-state index is 0.0288. The minimum Gasteiger partial charge on any atom is -0.309 e. The molecule has 1 N–H and O–H groups in total. The van der Waals surface area contributed by atoms with Gasteiger partial charge in [0.1, 0.15) is 11.9 Å². The van der Waals surface area contributed by atoms with E-state index >= 15 is 0 Å². The predicted molar refractivity (Wildman–Crippen MR) is 50.6 cm³/mol. The van der Waals surface area contributed by atoms with Crippen LogP contribution in [0, 0.1) is 0 Å². The summed E-state index contributed by atoms with van der Waals surface area (Å²) in [6, 6.07) is 9.38. The molecule has 0 saturated carbocycles. The first-order chi connectivity index (χ1) is 6.27. The molecule has 1 heterocycles. The highest BCUT2D eigenvalue weighted by Gasteiger charge is 2.21. The van der Waals surface area contributed by atoms with Crippen LogP contribution in [0.4, 0.5) is 0 Å². The van der Waals surface area contributed by atoms with Crippen molar-refractivity contribution >= 4 is 11.7 Å². The van der Waals surface area contributed by atoms with E-state index in [-0.39, 0.29) is 11.9 Å². The zero-order valence-corrected chi connectivity index (χ0v) is 7.32. The van der Waals surface area contributed by atoms with E-state index in [9.17, 15) is 4.79 Å². The summed E-state index contributed by atoms with van der Waals surface area (Å²) < 4.78 is 0. The van der Waals surface area contributed by atoms with Gasteiger partial charge in [-0.05, 0) is 6.92 Å². The summed E-state index contributed by atoms with van der Waals surface area (Å²) in [5, 5.41) is 2.73. The first kappa shape index (κ1) is 7.98. The molecule has 0 spiro atoms. The van der Waals surface area contributed by atoms with Gasteiger partial charge in [-0.15, -0.1) is 0 Å². The van der Waals surface area contributed by atoms with E-state index in [0.717, 1.165) is 5.56 Å². The van der Waals surface area contributed by atoms with Crippen LogP contribution in [-0.4, -0.2) is 17.8 Å². The Morgan fingerprint density at radius 1 is 1.31 bits per heavy atom. The van der Waals surface area contributed by atoms with E-state index in [4.69, 9.17) is 0 Å². The molecule has 0 fully saturated rings. The van der Waals surface area contributed by atoms with Crippen molar-refractivity contribution in [1.82, 2.24) is 5.32 Å². The average Bonchev–Trinajstić information content (AvgIpc) is 2.49. The number of carbonyl (C=O) groups excluding carboxylic acids is 1. The van der Waals surface area contributed by atoms with Crippen LogP contribution >= 0.6 is 0 Å². The van der Waals surface area contributed by atoms with Gasteiger partial charge in [-0.2, -0.15) is 0 Å². The lowest BCUT2D eigenvalue weighted by molar-refractivity contribution is -0.119. The van der Waals surface area contributed by atoms with Gasteiger partial charge < -0.3 is 5.32 Å². The Bertz CT molecular complexity index is 356. The molecule has 1 unspecified atom stereocenters. The molecule has 1 aliphatic rings. The zero-order chi connectivity index (χ0) is 9.26. The van der Waals surface area contributed by atoms with Crippen LogP contribution in [0.5, 0.6) is 0 Å². The molecule has 0 aliphatic carbocycles. The van der Waals surface area contributed by atoms with Gasteiger partial charge in [0.05, 0.1) is 0 Å². The van der Waals surface area contributed by atoms with Crippen LogP contribution in [-0.2, 0) is 4.79 Å². The average molecular weight is 174 g/mol. The van der Waals surface area contributed by atoms with Gasteiger partial charge in [-0.25, -0.2) is 0 Å². The summed E-state index contributed by atoms with van der Waals surface area (Å²) >= 11 is 0. The number of carbonyl (C=O) groups is 1. The van der Waals surface area contributed by atoms with E-state index in [0.29, 0.717) is 5.84 Å². The molecule has 2 rings (SSSR count). The highest BCUT2D eigenvalue weighted by molar-refractivity contribution is 6.13. The number of nitrogens with one attached hydrogen (secondary N) is 1. The van der Waals surface area contributed by atoms with E-state index in [1.54, 1.807) is 6.92 Å². The highest BCUT2D eigenvalue weighted by atomic mass is 16.2. The van der Waals surface area contributed by atoms with Crippen LogP contribution in [0.1, 0.15) is 12.5 Å². The molecule has 3 heteroatoms. The summed E-state index contributed by atoms with van der Waals surface area (Å²) in [4.78, 5) is 15.3. The fourth-order valence-electron chi connectivity index (χ4n) is 1.25. The third-order valence-corrected chi connectivity index (χ3v) is 1.99. The van der Waals surface area contributed by atoms with Gasteiger partial charge >= 0.3 is 0 Å². The summed E-state index contributed by atoms with van der Waals surface area (Å²) in [6.45, 7) is 1.78. The number of aliphatic imine (C=N–C) groups is 1. The predicted octanol–water partition coefficient (Wildman–Crippen LogP) is 0.952. The van der Waals surface area contributed by atoms with Gasteiger partial charge in [-0.1, -0.05) is 30.3 Å². The quantitative estimate of drug-likeness (QED) is 0.676. The first-order valence-corrected chi connectivity index (χ1v) is 4.21. The fraction of sp³-hybridized carbons (Fsp3) is 0.200. The van der Waals surface area contributed by atoms with Crippen LogP contribution in [0.3, 0.4) is 0 Å². The SMILES string of the molecule is CC1N=C(c2ccccc2)NC1=O. The Morgan fingerprint density at radius 3 is 2.54 bits per heavy atom. The summed E-state index contributed by atoms with van der Waals surface area (Å²) in [5.74, 6) is 0.650. The Morgan fingerprint density at radius 2 is 2.00 bits per heavy atom. The molecule has 13 heavy (non-hydrogen) atoms. The molecule has 1 aliphatic heterocycles. The van der Waals surface area contributed by atoms with Crippen molar-refractivity contribution in [2.24, 2.45) is 4.99 Å². The maximum Gasteiger partial charge on any atom is 0.250 e. The molecule has 1 amide bonds. The van der Waals surface area contributed by atoms with Crippen molar-refractivity contribution in [3.05, 3.63) is 35.9 Å². The number of rotatable bonds is 1. The molecular formula is C10H10N2O. The van der Waals surface area contributed by atoms with Gasteiger partial charge in [-0.3, -0.25) is 9.79 Å². The van der Waals surface area contributed by atoms with Gasteiger partial charge in [0.15, 0.2) is 0 Å². The van der Waals surface area contributed by atoms with Crippen LogP contribution in [0.2, 0.25) is 0 Å². The molecule has 0 saturated heterocycles. The van der Waals surface area contributed by atoms with E-state index in [1.165, 1.54) is 0 Å². The topological polar surface area (TPSA) is 41.5 Å². The van der Waals surface area contributed by atoms with Gasteiger partial charge in [0.25, 0.3) is 0 Å². The molecule has 1 aromatic rings. The number of amides is 1. The summed E-state index contributed by atoms with van der Waals surface area (Å²) in [6.07, 6.45) is 0. The lowest BCUT2D eigenvalue weighted by atomic mass is 10.2. The van der Waals surface area contributed by atoms with Crippen molar-refractivity contribution in [2.75, 3.05) is 0 Å². The Hall–Kier alpha value is -1.64. The second-order valence-corrected chi connectivity index (χ2v) is 3.01. The molecular weight excluding hydrogens is 164 g/mol. The zero-order valence-electron chi connectivity index (χ0n) is 7.32. The molecule has 0 bridgehead atoms. The van der Waals surface area contributed by atoms with E-state index in [1.807, 2.05) is 30.3 Å². The third-order valence-electron chi connectivity index (χ3n) is 1.99. The summed E-state index contributed by atoms with van der Waals surface area (Å²) in [5.41, 5.74) is 0.959. The van der Waals surface area contributed by atoms with Crippen molar-refractivity contribution in [3.63, 3.8) is 0 Å². The van der Waals surface area contributed by atoms with Crippen molar-refractivity contribution in [1.29, 1.82) is 0 Å². The number of benzene rings is 1. The lowest BCUT2D eigenvalue weighted by Gasteiger charge is -1.98. The molecule has 1 aromatic carbocycles. The fourth-order valence-corrected chi connectivity index (χ4v) is 1.25. The lowest BCUT2D eigenvalue weighted by Crippen LogP contribution is -2.27. The normalized spacial score (nSPS) is 21.2.